The van der Waals surface area contributed by atoms with Crippen molar-refractivity contribution in [2.75, 3.05) is 30.3 Å². The highest BCUT2D eigenvalue weighted by Gasteiger charge is 2.27. The number of nitrogen functional groups attached to an aromatic ring is 1. The molecule has 1 saturated heterocycles. The molecule has 27 heavy (non-hydrogen) atoms. The van der Waals surface area contributed by atoms with E-state index in [9.17, 15) is 4.79 Å². The molecule has 3 rings (SSSR count). The molecular formula is C21H30N4O2. The van der Waals surface area contributed by atoms with E-state index in [1.54, 1.807) is 6.20 Å². The third kappa shape index (κ3) is 4.43. The number of benzene rings is 1. The molecule has 1 aliphatic rings. The second-order valence-corrected chi connectivity index (χ2v) is 7.47. The maximum absolute atomic E-state index is 12.0. The van der Waals surface area contributed by atoms with Gasteiger partial charge in [0.15, 0.2) is 5.95 Å². The number of rotatable bonds is 6. The molecule has 1 aromatic heterocycles. The number of imidazole rings is 1. The van der Waals surface area contributed by atoms with Gasteiger partial charge in [0, 0.05) is 31.2 Å². The van der Waals surface area contributed by atoms with E-state index in [1.165, 1.54) is 16.8 Å². The van der Waals surface area contributed by atoms with Crippen LogP contribution in [0.4, 0.5) is 11.6 Å². The Morgan fingerprint density at radius 2 is 2.07 bits per heavy atom. The number of hydrogen-bond acceptors (Lipinski definition) is 5. The topological polar surface area (TPSA) is 73.4 Å². The van der Waals surface area contributed by atoms with Gasteiger partial charge in [0.25, 0.3) is 0 Å². The molecule has 2 heterocycles. The van der Waals surface area contributed by atoms with Crippen LogP contribution in [0.25, 0.3) is 0 Å². The van der Waals surface area contributed by atoms with E-state index in [4.69, 9.17) is 10.5 Å². The predicted molar refractivity (Wildman–Crippen MR) is 108 cm³/mol. The van der Waals surface area contributed by atoms with Crippen LogP contribution in [-0.4, -0.2) is 35.2 Å². The normalized spacial score (nSPS) is 15.3. The first-order valence-corrected chi connectivity index (χ1v) is 9.80. The van der Waals surface area contributed by atoms with Crippen LogP contribution >= 0.6 is 0 Å². The molecule has 1 aromatic carbocycles. The number of nitrogens with zero attached hydrogens (tertiary/aromatic N) is 3. The summed E-state index contributed by atoms with van der Waals surface area (Å²) in [7, 11) is 0. The number of esters is 1. The monoisotopic (exact) mass is 370 g/mol. The first kappa shape index (κ1) is 19.3. The second-order valence-electron chi connectivity index (χ2n) is 7.47. The van der Waals surface area contributed by atoms with Gasteiger partial charge in [-0.2, -0.15) is 0 Å². The van der Waals surface area contributed by atoms with Crippen molar-refractivity contribution in [3.8, 4) is 0 Å². The second kappa shape index (κ2) is 8.46. The number of ether oxygens (including phenoxy) is 1. The lowest BCUT2D eigenvalue weighted by Gasteiger charge is -2.34. The molecular weight excluding hydrogens is 340 g/mol. The molecule has 0 unspecified atom stereocenters. The average molecular weight is 370 g/mol. The van der Waals surface area contributed by atoms with Crippen LogP contribution in [0, 0.1) is 5.92 Å². The standard InChI is InChI=1S/C21H30N4O2/c1-4-27-20(26)16-7-10-24(11-8-16)19-13-17(15(2)3)5-6-18(19)14-25-12-9-23-21(25)22/h5-6,9,12-13,15-16H,4,7-8,10-11,14H2,1-3H3,(H2,22,23). The Labute approximate surface area is 161 Å². The molecule has 0 aliphatic carbocycles. The van der Waals surface area contributed by atoms with E-state index < -0.39 is 0 Å². The number of nitrogens with two attached hydrogens (primary N) is 1. The Kier molecular flexibility index (Phi) is 6.04. The maximum atomic E-state index is 12.0. The van der Waals surface area contributed by atoms with Gasteiger partial charge in [0.1, 0.15) is 0 Å². The fraction of sp³-hybridized carbons (Fsp3) is 0.524. The van der Waals surface area contributed by atoms with Crippen molar-refractivity contribution in [1.29, 1.82) is 0 Å². The van der Waals surface area contributed by atoms with Gasteiger partial charge in [0.2, 0.25) is 0 Å². The highest BCUT2D eigenvalue weighted by Crippen LogP contribution is 2.31. The summed E-state index contributed by atoms with van der Waals surface area (Å²) in [6, 6.07) is 6.68. The minimum atomic E-state index is -0.0560. The minimum Gasteiger partial charge on any atom is -0.466 e. The molecule has 2 N–H and O–H groups in total. The fourth-order valence-electron chi connectivity index (χ4n) is 3.64. The summed E-state index contributed by atoms with van der Waals surface area (Å²) in [4.78, 5) is 18.6. The maximum Gasteiger partial charge on any atom is 0.309 e. The zero-order chi connectivity index (χ0) is 19.4. The van der Waals surface area contributed by atoms with Gasteiger partial charge in [-0.3, -0.25) is 4.79 Å². The van der Waals surface area contributed by atoms with E-state index in [1.807, 2.05) is 17.7 Å². The van der Waals surface area contributed by atoms with Crippen LogP contribution in [0.1, 0.15) is 50.7 Å². The van der Waals surface area contributed by atoms with Crippen LogP contribution in [0.15, 0.2) is 30.6 Å². The Bertz CT molecular complexity index is 776. The number of piperidine rings is 1. The molecule has 0 amide bonds. The first-order chi connectivity index (χ1) is 13.0. The van der Waals surface area contributed by atoms with Crippen LogP contribution in [0.5, 0.6) is 0 Å². The highest BCUT2D eigenvalue weighted by atomic mass is 16.5. The summed E-state index contributed by atoms with van der Waals surface area (Å²) < 4.78 is 7.16. The highest BCUT2D eigenvalue weighted by molar-refractivity contribution is 5.73. The summed E-state index contributed by atoms with van der Waals surface area (Å²) >= 11 is 0. The zero-order valence-electron chi connectivity index (χ0n) is 16.5. The number of carbonyl (C=O) groups is 1. The van der Waals surface area contributed by atoms with Gasteiger partial charge < -0.3 is 19.9 Å². The van der Waals surface area contributed by atoms with Crippen molar-refractivity contribution in [1.82, 2.24) is 9.55 Å². The molecule has 1 fully saturated rings. The van der Waals surface area contributed by atoms with E-state index in [2.05, 4.69) is 41.9 Å². The summed E-state index contributed by atoms with van der Waals surface area (Å²) in [5, 5.41) is 0. The Morgan fingerprint density at radius 1 is 1.33 bits per heavy atom. The smallest absolute Gasteiger partial charge is 0.309 e. The number of anilines is 2. The van der Waals surface area contributed by atoms with Gasteiger partial charge in [0.05, 0.1) is 19.1 Å². The van der Waals surface area contributed by atoms with E-state index >= 15 is 0 Å². The Morgan fingerprint density at radius 3 is 2.67 bits per heavy atom. The average Bonchev–Trinajstić information content (AvgIpc) is 3.07. The largest absolute Gasteiger partial charge is 0.466 e. The molecule has 146 valence electrons. The molecule has 0 saturated carbocycles. The predicted octanol–water partition coefficient (Wildman–Crippen LogP) is 3.42. The van der Waals surface area contributed by atoms with Crippen molar-refractivity contribution >= 4 is 17.6 Å². The molecule has 6 heteroatoms. The molecule has 0 bridgehead atoms. The summed E-state index contributed by atoms with van der Waals surface area (Å²) in [5.41, 5.74) is 9.74. The van der Waals surface area contributed by atoms with Crippen LogP contribution < -0.4 is 10.6 Å². The van der Waals surface area contributed by atoms with Crippen molar-refractivity contribution < 1.29 is 9.53 Å². The molecule has 2 aromatic rings. The fourth-order valence-corrected chi connectivity index (χ4v) is 3.64. The summed E-state index contributed by atoms with van der Waals surface area (Å²) in [6.45, 7) is 9.13. The molecule has 0 atom stereocenters. The number of hydrogen-bond donors (Lipinski definition) is 1. The lowest BCUT2D eigenvalue weighted by molar-refractivity contribution is -0.148. The molecule has 6 nitrogen and oxygen atoms in total. The third-order valence-electron chi connectivity index (χ3n) is 5.32. The van der Waals surface area contributed by atoms with E-state index in [-0.39, 0.29) is 11.9 Å². The van der Waals surface area contributed by atoms with Gasteiger partial charge >= 0.3 is 5.97 Å². The minimum absolute atomic E-state index is 0.0159. The van der Waals surface area contributed by atoms with E-state index in [0.29, 0.717) is 25.0 Å². The molecule has 0 radical (unpaired) electrons. The Balaban J connectivity index is 1.81. The van der Waals surface area contributed by atoms with Gasteiger partial charge in [-0.1, -0.05) is 26.0 Å². The summed E-state index contributed by atoms with van der Waals surface area (Å²) in [5.74, 6) is 0.949. The van der Waals surface area contributed by atoms with Gasteiger partial charge in [-0.25, -0.2) is 4.98 Å². The zero-order valence-corrected chi connectivity index (χ0v) is 16.5. The third-order valence-corrected chi connectivity index (χ3v) is 5.32. The van der Waals surface area contributed by atoms with E-state index in [0.717, 1.165) is 25.9 Å². The van der Waals surface area contributed by atoms with Crippen LogP contribution in [0.2, 0.25) is 0 Å². The van der Waals surface area contributed by atoms with Gasteiger partial charge in [-0.15, -0.1) is 0 Å². The number of carbonyl (C=O) groups excluding carboxylic acids is 1. The van der Waals surface area contributed by atoms with Crippen LogP contribution in [-0.2, 0) is 16.1 Å². The van der Waals surface area contributed by atoms with Gasteiger partial charge in [-0.05, 0) is 42.9 Å². The molecule has 1 aliphatic heterocycles. The van der Waals surface area contributed by atoms with Crippen molar-refractivity contribution in [3.05, 3.63) is 41.7 Å². The van der Waals surface area contributed by atoms with Crippen LogP contribution in [0.3, 0.4) is 0 Å². The van der Waals surface area contributed by atoms with Crippen molar-refractivity contribution in [2.45, 2.75) is 46.1 Å². The first-order valence-electron chi connectivity index (χ1n) is 9.80. The summed E-state index contributed by atoms with van der Waals surface area (Å²) in [6.07, 6.45) is 5.29. The lowest BCUT2D eigenvalue weighted by Crippen LogP contribution is -2.37. The Hall–Kier alpha value is -2.50. The quantitative estimate of drug-likeness (QED) is 0.789. The lowest BCUT2D eigenvalue weighted by atomic mass is 9.94. The SMILES string of the molecule is CCOC(=O)C1CCN(c2cc(C(C)C)ccc2Cn2ccnc2N)CC1. The molecule has 0 spiro atoms. The van der Waals surface area contributed by atoms with Crippen molar-refractivity contribution in [2.24, 2.45) is 5.92 Å². The van der Waals surface area contributed by atoms with Crippen molar-refractivity contribution in [3.63, 3.8) is 0 Å². The number of aromatic nitrogens is 2.